The van der Waals surface area contributed by atoms with Crippen molar-refractivity contribution < 1.29 is 33.5 Å². The van der Waals surface area contributed by atoms with E-state index in [2.05, 4.69) is 30.8 Å². The molecule has 18 heteroatoms. The first-order valence-electron chi connectivity index (χ1n) is 16.9. The van der Waals surface area contributed by atoms with Crippen LogP contribution in [0.4, 0.5) is 0 Å². The second-order valence-corrected chi connectivity index (χ2v) is 15.9. The highest BCUT2D eigenvalue weighted by molar-refractivity contribution is 8.03. The Morgan fingerprint density at radius 3 is 2.42 bits per heavy atom. The van der Waals surface area contributed by atoms with Gasteiger partial charge in [0.25, 0.3) is 5.91 Å². The average Bonchev–Trinajstić information content (AvgIpc) is 3.89. The SMILES string of the molecule is CC(C)(C)OC(=O)CON=C(C(=O)NC1C(=O)N2C(C(=O)OC(c3ccccc3)c3ccccc3)C(CSc3ccc4nncn4n3)=CS[C@@H]12)c1cscn1. The minimum atomic E-state index is -1.10. The Hall–Kier alpha value is -5.59. The number of aromatic nitrogens is 5. The van der Waals surface area contributed by atoms with Crippen molar-refractivity contribution in [1.82, 2.24) is 35.0 Å². The van der Waals surface area contributed by atoms with Crippen LogP contribution in [0.5, 0.6) is 0 Å². The molecule has 5 heterocycles. The lowest BCUT2D eigenvalue weighted by Crippen LogP contribution is -2.74. The number of hydrogen-bond acceptors (Lipinski definition) is 15. The highest BCUT2D eigenvalue weighted by atomic mass is 32.2. The van der Waals surface area contributed by atoms with Gasteiger partial charge in [-0.15, -0.1) is 45.1 Å². The van der Waals surface area contributed by atoms with Gasteiger partial charge in [0.1, 0.15) is 34.1 Å². The fraction of sp³-hybridized carbons (Fsp3) is 0.270. The van der Waals surface area contributed by atoms with E-state index >= 15 is 0 Å². The van der Waals surface area contributed by atoms with E-state index in [1.165, 1.54) is 51.6 Å². The van der Waals surface area contributed by atoms with E-state index in [9.17, 15) is 19.2 Å². The van der Waals surface area contributed by atoms with Crippen LogP contribution in [0, 0.1) is 0 Å². The van der Waals surface area contributed by atoms with Crippen molar-refractivity contribution in [2.45, 2.75) is 55.0 Å². The van der Waals surface area contributed by atoms with E-state index < -0.39 is 59.5 Å². The molecule has 3 atom stereocenters. The van der Waals surface area contributed by atoms with Crippen LogP contribution in [-0.4, -0.2) is 94.6 Å². The van der Waals surface area contributed by atoms with E-state index in [0.29, 0.717) is 22.0 Å². The summed E-state index contributed by atoms with van der Waals surface area (Å²) >= 11 is 3.91. The highest BCUT2D eigenvalue weighted by Crippen LogP contribution is 2.42. The summed E-state index contributed by atoms with van der Waals surface area (Å²) in [6.07, 6.45) is 0.747. The smallest absolute Gasteiger partial charge is 0.347 e. The third-order valence-corrected chi connectivity index (χ3v) is 11.0. The van der Waals surface area contributed by atoms with Crippen LogP contribution < -0.4 is 5.32 Å². The number of fused-ring (bicyclic) bond motifs is 2. The average molecular weight is 799 g/mol. The van der Waals surface area contributed by atoms with Crippen LogP contribution in [-0.2, 0) is 33.5 Å². The van der Waals surface area contributed by atoms with Crippen molar-refractivity contribution in [1.29, 1.82) is 0 Å². The van der Waals surface area contributed by atoms with Gasteiger partial charge in [0.15, 0.2) is 23.5 Å². The van der Waals surface area contributed by atoms with Gasteiger partial charge in [-0.3, -0.25) is 9.59 Å². The number of β-lactam (4-membered cyclic amide) rings is 1. The zero-order valence-corrected chi connectivity index (χ0v) is 32.1. The van der Waals surface area contributed by atoms with Gasteiger partial charge in [-0.1, -0.05) is 65.8 Å². The van der Waals surface area contributed by atoms with Crippen molar-refractivity contribution in [3.8, 4) is 0 Å². The molecule has 2 aliphatic heterocycles. The van der Waals surface area contributed by atoms with Crippen LogP contribution in [0.25, 0.3) is 5.65 Å². The number of oxime groups is 1. The van der Waals surface area contributed by atoms with Crippen LogP contribution in [0.1, 0.15) is 43.7 Å². The maximum Gasteiger partial charge on any atom is 0.347 e. The number of hydrogen-bond donors (Lipinski definition) is 1. The number of rotatable bonds is 13. The molecule has 1 N–H and O–H groups in total. The molecule has 0 spiro atoms. The molecule has 15 nitrogen and oxygen atoms in total. The first-order valence-corrected chi connectivity index (χ1v) is 19.8. The number of carbonyl (C=O) groups is 4. The highest BCUT2D eigenvalue weighted by Gasteiger charge is 2.56. The van der Waals surface area contributed by atoms with Gasteiger partial charge in [-0.2, -0.15) is 9.61 Å². The van der Waals surface area contributed by atoms with Crippen LogP contribution in [0.2, 0.25) is 0 Å². The fourth-order valence-corrected chi connectivity index (χ4v) is 8.52. The molecule has 2 aliphatic rings. The monoisotopic (exact) mass is 798 g/mol. The van der Waals surface area contributed by atoms with Gasteiger partial charge >= 0.3 is 11.9 Å². The summed E-state index contributed by atoms with van der Waals surface area (Å²) in [5.74, 6) is -2.24. The summed E-state index contributed by atoms with van der Waals surface area (Å²) in [4.78, 5) is 65.1. The van der Waals surface area contributed by atoms with Gasteiger partial charge in [0, 0.05) is 11.1 Å². The number of nitrogens with one attached hydrogen (secondary N) is 1. The summed E-state index contributed by atoms with van der Waals surface area (Å²) < 4.78 is 13.1. The van der Waals surface area contributed by atoms with Crippen LogP contribution in [0.3, 0.4) is 0 Å². The lowest BCUT2D eigenvalue weighted by molar-refractivity contribution is -0.165. The van der Waals surface area contributed by atoms with Gasteiger partial charge in [-0.25, -0.2) is 14.6 Å². The van der Waals surface area contributed by atoms with Gasteiger partial charge in [0.05, 0.1) is 5.51 Å². The van der Waals surface area contributed by atoms with Crippen molar-refractivity contribution in [2.24, 2.45) is 5.16 Å². The molecular formula is C37H34N8O7S3. The molecule has 5 aromatic rings. The molecule has 282 valence electrons. The zero-order chi connectivity index (χ0) is 38.5. The number of esters is 2. The Labute approximate surface area is 327 Å². The van der Waals surface area contributed by atoms with Gasteiger partial charge in [0.2, 0.25) is 12.5 Å². The van der Waals surface area contributed by atoms with E-state index in [4.69, 9.17) is 14.3 Å². The standard InChI is InChI=1S/C37H34N8O7S3/c1-37(2,3)52-28(46)16-50-43-29(25-19-53-21-38-25)33(47)40-30-34(48)45-31(36(49)51-32(22-10-6-4-7-11-22)23-12-8-5-9-13-23)24(18-55-35(30)45)17-54-27-15-14-26-41-39-20-44(26)42-27/h4-15,18-21,30-32,35H,16-17H2,1-3H3,(H,40,47)/t30?,31?,35-/m0/s1. The quantitative estimate of drug-likeness (QED) is 0.0582. The largest absolute Gasteiger partial charge is 0.457 e. The second-order valence-electron chi connectivity index (χ2n) is 13.2. The van der Waals surface area contributed by atoms with Crippen molar-refractivity contribution in [3.63, 3.8) is 0 Å². The Kier molecular flexibility index (Phi) is 11.3. The topological polar surface area (TPSA) is 180 Å². The summed E-state index contributed by atoms with van der Waals surface area (Å²) in [5.41, 5.74) is 3.47. The molecule has 0 aliphatic carbocycles. The van der Waals surface area contributed by atoms with Crippen LogP contribution in [0.15, 0.2) is 111 Å². The number of thiazole rings is 1. The van der Waals surface area contributed by atoms with E-state index in [1.807, 2.05) is 66.1 Å². The number of thioether (sulfide) groups is 2. The molecule has 1 saturated heterocycles. The van der Waals surface area contributed by atoms with Crippen LogP contribution >= 0.6 is 34.9 Å². The summed E-state index contributed by atoms with van der Waals surface area (Å²) in [6.45, 7) is 4.60. The Morgan fingerprint density at radius 2 is 1.75 bits per heavy atom. The fourth-order valence-electron chi connectivity index (χ4n) is 5.79. The second kappa shape index (κ2) is 16.4. The van der Waals surface area contributed by atoms with Crippen molar-refractivity contribution >= 4 is 70.0 Å². The first kappa shape index (κ1) is 37.7. The first-order chi connectivity index (χ1) is 26.6. The zero-order valence-electron chi connectivity index (χ0n) is 29.7. The van der Waals surface area contributed by atoms with Gasteiger partial charge in [-0.05, 0) is 55.0 Å². The molecule has 2 aromatic carbocycles. The molecule has 1 fully saturated rings. The Bertz CT molecular complexity index is 2210. The molecule has 3 aromatic heterocycles. The number of nitrogens with zero attached hydrogens (tertiary/aromatic N) is 7. The number of benzene rings is 2. The third kappa shape index (κ3) is 8.71. The van der Waals surface area contributed by atoms with E-state index in [0.717, 1.165) is 11.1 Å². The minimum absolute atomic E-state index is 0.193. The van der Waals surface area contributed by atoms with Crippen molar-refractivity contribution in [2.75, 3.05) is 12.4 Å². The van der Waals surface area contributed by atoms with E-state index in [-0.39, 0.29) is 11.4 Å². The van der Waals surface area contributed by atoms with Crippen molar-refractivity contribution in [3.05, 3.63) is 118 Å². The predicted molar refractivity (Wildman–Crippen MR) is 205 cm³/mol. The summed E-state index contributed by atoms with van der Waals surface area (Å²) in [7, 11) is 0. The molecule has 0 saturated carbocycles. The lowest BCUT2D eigenvalue weighted by atomic mass is 9.97. The molecule has 2 amide bonds. The summed E-state index contributed by atoms with van der Waals surface area (Å²) in [5, 5.41) is 22.5. The molecule has 0 radical (unpaired) electrons. The molecule has 0 bridgehead atoms. The molecule has 55 heavy (non-hydrogen) atoms. The van der Waals surface area contributed by atoms with Gasteiger partial charge < -0.3 is 24.5 Å². The third-order valence-electron chi connectivity index (χ3n) is 8.19. The molecule has 7 rings (SSSR count). The normalized spacial score (nSPS) is 18.3. The lowest BCUT2D eigenvalue weighted by Gasteiger charge is -2.51. The predicted octanol–water partition coefficient (Wildman–Crippen LogP) is 4.42. The number of carbonyl (C=O) groups excluding carboxylic acids is 4. The maximum absolute atomic E-state index is 14.4. The number of amides is 2. The number of ether oxygens (including phenoxy) is 2. The summed E-state index contributed by atoms with van der Waals surface area (Å²) in [6, 6.07) is 20.2. The molecular weight excluding hydrogens is 765 g/mol. The minimum Gasteiger partial charge on any atom is -0.457 e. The Balaban J connectivity index is 1.13. The molecule has 2 unspecified atom stereocenters. The van der Waals surface area contributed by atoms with E-state index in [1.54, 1.807) is 42.8 Å². The maximum atomic E-state index is 14.4. The Morgan fingerprint density at radius 1 is 1.02 bits per heavy atom.